The van der Waals surface area contributed by atoms with Crippen molar-refractivity contribution in [1.82, 2.24) is 15.3 Å². The van der Waals surface area contributed by atoms with E-state index in [0.29, 0.717) is 0 Å². The van der Waals surface area contributed by atoms with Crippen molar-refractivity contribution in [1.29, 1.82) is 0 Å². The highest BCUT2D eigenvalue weighted by atomic mass is 32.1. The average molecular weight is 303 g/mol. The largest absolute Gasteiger partial charge is 0.307 e. The van der Waals surface area contributed by atoms with Crippen molar-refractivity contribution in [2.24, 2.45) is 0 Å². The predicted molar refractivity (Wildman–Crippen MR) is 90.8 cm³/mol. The van der Waals surface area contributed by atoms with E-state index in [0.717, 1.165) is 29.4 Å². The van der Waals surface area contributed by atoms with Gasteiger partial charge in [0, 0.05) is 33.9 Å². The maximum absolute atomic E-state index is 4.83. The second-order valence-corrected chi connectivity index (χ2v) is 7.57. The van der Waals surface area contributed by atoms with Gasteiger partial charge < -0.3 is 5.32 Å². The third kappa shape index (κ3) is 4.35. The molecule has 3 nitrogen and oxygen atoms in total. The summed E-state index contributed by atoms with van der Waals surface area (Å²) in [5, 5.41) is 4.66. The van der Waals surface area contributed by atoms with Crippen LogP contribution in [0.5, 0.6) is 0 Å². The number of hydrogen-bond acceptors (Lipinski definition) is 4. The van der Waals surface area contributed by atoms with E-state index in [1.165, 1.54) is 16.1 Å². The Balaban J connectivity index is 2.31. The normalized spacial score (nSPS) is 11.9. The quantitative estimate of drug-likeness (QED) is 0.916. The number of rotatable bonds is 4. The van der Waals surface area contributed by atoms with Gasteiger partial charge in [-0.25, -0.2) is 4.98 Å². The Bertz CT molecular complexity index is 603. The fourth-order valence-electron chi connectivity index (χ4n) is 2.22. The Morgan fingerprint density at radius 2 is 1.71 bits per heavy atom. The molecule has 0 amide bonds. The standard InChI is InChI=1S/C17H25N3S/c1-7-14-15(10-18-17(4,5)6)21-16(20-14)13-8-11(2)19-12(3)9-13/h8-9,18H,7,10H2,1-6H3. The lowest BCUT2D eigenvalue weighted by Gasteiger charge is -2.20. The van der Waals surface area contributed by atoms with Crippen molar-refractivity contribution in [3.05, 3.63) is 34.1 Å². The minimum Gasteiger partial charge on any atom is -0.307 e. The molecule has 0 spiro atoms. The molecule has 21 heavy (non-hydrogen) atoms. The van der Waals surface area contributed by atoms with Gasteiger partial charge >= 0.3 is 0 Å². The summed E-state index contributed by atoms with van der Waals surface area (Å²) in [6.45, 7) is 13.7. The number of thiazole rings is 1. The number of pyridine rings is 1. The van der Waals surface area contributed by atoms with Crippen LogP contribution in [0.1, 0.15) is 49.7 Å². The van der Waals surface area contributed by atoms with Crippen molar-refractivity contribution in [3.8, 4) is 10.6 Å². The number of aryl methyl sites for hydroxylation is 3. The van der Waals surface area contributed by atoms with Crippen LogP contribution in [0.25, 0.3) is 10.6 Å². The maximum Gasteiger partial charge on any atom is 0.124 e. The molecular weight excluding hydrogens is 278 g/mol. The topological polar surface area (TPSA) is 37.8 Å². The SMILES string of the molecule is CCc1nc(-c2cc(C)nc(C)c2)sc1CNC(C)(C)C. The van der Waals surface area contributed by atoms with Crippen LogP contribution >= 0.6 is 11.3 Å². The summed E-state index contributed by atoms with van der Waals surface area (Å²) >= 11 is 1.79. The lowest BCUT2D eigenvalue weighted by molar-refractivity contribution is 0.425. The summed E-state index contributed by atoms with van der Waals surface area (Å²) in [6, 6.07) is 4.23. The van der Waals surface area contributed by atoms with Crippen LogP contribution in [0.2, 0.25) is 0 Å². The molecule has 0 aliphatic rings. The van der Waals surface area contributed by atoms with Gasteiger partial charge in [-0.3, -0.25) is 4.98 Å². The maximum atomic E-state index is 4.83. The third-order valence-electron chi connectivity index (χ3n) is 3.22. The van der Waals surface area contributed by atoms with Crippen molar-refractivity contribution >= 4 is 11.3 Å². The number of nitrogens with one attached hydrogen (secondary N) is 1. The van der Waals surface area contributed by atoms with Crippen LogP contribution in [0.4, 0.5) is 0 Å². The number of aromatic nitrogens is 2. The Morgan fingerprint density at radius 1 is 1.10 bits per heavy atom. The zero-order valence-corrected chi connectivity index (χ0v) is 14.7. The molecule has 0 aliphatic heterocycles. The first kappa shape index (κ1) is 16.1. The molecule has 0 unspecified atom stereocenters. The molecule has 0 saturated heterocycles. The molecule has 0 radical (unpaired) electrons. The molecule has 0 aromatic carbocycles. The van der Waals surface area contributed by atoms with Gasteiger partial charge in [0.05, 0.1) is 5.69 Å². The first-order valence-corrected chi connectivity index (χ1v) is 8.29. The van der Waals surface area contributed by atoms with E-state index in [1.807, 2.05) is 13.8 Å². The van der Waals surface area contributed by atoms with E-state index in [9.17, 15) is 0 Å². The fraction of sp³-hybridized carbons (Fsp3) is 0.529. The number of hydrogen-bond donors (Lipinski definition) is 1. The highest BCUT2D eigenvalue weighted by Crippen LogP contribution is 2.29. The monoisotopic (exact) mass is 303 g/mol. The van der Waals surface area contributed by atoms with Crippen LogP contribution in [0, 0.1) is 13.8 Å². The van der Waals surface area contributed by atoms with Gasteiger partial charge in [-0.2, -0.15) is 0 Å². The summed E-state index contributed by atoms with van der Waals surface area (Å²) in [5.41, 5.74) is 4.61. The third-order valence-corrected chi connectivity index (χ3v) is 4.37. The van der Waals surface area contributed by atoms with Gasteiger partial charge in [-0.1, -0.05) is 6.92 Å². The zero-order valence-electron chi connectivity index (χ0n) is 13.9. The number of nitrogens with zero attached hydrogens (tertiary/aromatic N) is 2. The Labute approximate surface area is 131 Å². The molecule has 4 heteroatoms. The molecule has 0 saturated carbocycles. The van der Waals surface area contributed by atoms with Crippen molar-refractivity contribution < 1.29 is 0 Å². The summed E-state index contributed by atoms with van der Waals surface area (Å²) in [4.78, 5) is 10.6. The molecule has 2 rings (SSSR count). The smallest absolute Gasteiger partial charge is 0.124 e. The molecule has 2 aromatic rings. The van der Waals surface area contributed by atoms with E-state index in [4.69, 9.17) is 4.98 Å². The molecule has 1 N–H and O–H groups in total. The van der Waals surface area contributed by atoms with Crippen LogP contribution in [0.15, 0.2) is 12.1 Å². The fourth-order valence-corrected chi connectivity index (χ4v) is 3.30. The molecule has 0 bridgehead atoms. The van der Waals surface area contributed by atoms with E-state index in [-0.39, 0.29) is 5.54 Å². The van der Waals surface area contributed by atoms with Crippen LogP contribution in [0.3, 0.4) is 0 Å². The molecule has 2 aromatic heterocycles. The van der Waals surface area contributed by atoms with E-state index >= 15 is 0 Å². The van der Waals surface area contributed by atoms with E-state index in [2.05, 4.69) is 50.1 Å². The summed E-state index contributed by atoms with van der Waals surface area (Å²) in [6.07, 6.45) is 0.973. The predicted octanol–water partition coefficient (Wildman–Crippen LogP) is 4.27. The minimum absolute atomic E-state index is 0.124. The van der Waals surface area contributed by atoms with E-state index in [1.54, 1.807) is 11.3 Å². The molecule has 0 atom stereocenters. The van der Waals surface area contributed by atoms with Crippen molar-refractivity contribution in [3.63, 3.8) is 0 Å². The van der Waals surface area contributed by atoms with Crippen LogP contribution in [-0.4, -0.2) is 15.5 Å². The first-order valence-electron chi connectivity index (χ1n) is 7.48. The molecule has 114 valence electrons. The summed E-state index contributed by atoms with van der Waals surface area (Å²) in [7, 11) is 0. The second-order valence-electron chi connectivity index (χ2n) is 6.48. The lowest BCUT2D eigenvalue weighted by atomic mass is 10.1. The summed E-state index contributed by atoms with van der Waals surface area (Å²) in [5.74, 6) is 0. The zero-order chi connectivity index (χ0) is 15.6. The minimum atomic E-state index is 0.124. The Kier molecular flexibility index (Phi) is 4.79. The van der Waals surface area contributed by atoms with Gasteiger partial charge in [0.25, 0.3) is 0 Å². The Morgan fingerprint density at radius 3 is 2.24 bits per heavy atom. The van der Waals surface area contributed by atoms with Gasteiger partial charge in [-0.05, 0) is 53.2 Å². The highest BCUT2D eigenvalue weighted by molar-refractivity contribution is 7.15. The summed E-state index contributed by atoms with van der Waals surface area (Å²) < 4.78 is 0. The van der Waals surface area contributed by atoms with Gasteiger partial charge in [-0.15, -0.1) is 11.3 Å². The molecule has 2 heterocycles. The Hall–Kier alpha value is -1.26. The molecule has 0 aliphatic carbocycles. The highest BCUT2D eigenvalue weighted by Gasteiger charge is 2.15. The van der Waals surface area contributed by atoms with Gasteiger partial charge in [0.2, 0.25) is 0 Å². The molecule has 0 fully saturated rings. The van der Waals surface area contributed by atoms with Crippen LogP contribution < -0.4 is 5.32 Å². The lowest BCUT2D eigenvalue weighted by Crippen LogP contribution is -2.35. The van der Waals surface area contributed by atoms with E-state index < -0.39 is 0 Å². The van der Waals surface area contributed by atoms with Gasteiger partial charge in [0.1, 0.15) is 5.01 Å². The molecular formula is C17H25N3S. The van der Waals surface area contributed by atoms with Crippen LogP contribution in [-0.2, 0) is 13.0 Å². The van der Waals surface area contributed by atoms with Crippen molar-refractivity contribution in [2.45, 2.75) is 60.0 Å². The first-order chi connectivity index (χ1) is 9.78. The second kappa shape index (κ2) is 6.24. The average Bonchev–Trinajstić information content (AvgIpc) is 2.77. The van der Waals surface area contributed by atoms with Crippen molar-refractivity contribution in [2.75, 3.05) is 0 Å². The van der Waals surface area contributed by atoms with Gasteiger partial charge in [0.15, 0.2) is 0 Å².